The number of aromatic nitrogens is 1. The predicted molar refractivity (Wildman–Crippen MR) is 83.6 cm³/mol. The zero-order valence-corrected chi connectivity index (χ0v) is 12.2. The molecule has 3 rings (SSSR count). The van der Waals surface area contributed by atoms with Gasteiger partial charge < -0.3 is 9.62 Å². The van der Waals surface area contributed by atoms with Crippen molar-refractivity contribution in [1.82, 2.24) is 4.81 Å². The van der Waals surface area contributed by atoms with E-state index in [0.29, 0.717) is 0 Å². The Balaban J connectivity index is 2.06. The summed E-state index contributed by atoms with van der Waals surface area (Å²) in [7, 11) is 4.21. The molecule has 1 aromatic heterocycles. The Labute approximate surface area is 120 Å². The van der Waals surface area contributed by atoms with Crippen molar-refractivity contribution < 1.29 is 4.57 Å². The first-order valence-electron chi connectivity index (χ1n) is 6.87. The van der Waals surface area contributed by atoms with Crippen LogP contribution >= 0.6 is 0 Å². The van der Waals surface area contributed by atoms with Crippen LogP contribution in [0.1, 0.15) is 5.56 Å². The average molecular weight is 264 g/mol. The molecule has 0 fully saturated rings. The molecule has 0 radical (unpaired) electrons. The Kier molecular flexibility index (Phi) is 3.22. The number of pyridine rings is 1. The lowest BCUT2D eigenvalue weighted by molar-refractivity contribution is -0.654. The van der Waals surface area contributed by atoms with E-state index in [-0.39, 0.29) is 6.98 Å². The first-order chi connectivity index (χ1) is 9.68. The molecule has 3 nitrogen and oxygen atoms in total. The third kappa shape index (κ3) is 2.07. The van der Waals surface area contributed by atoms with Gasteiger partial charge in [0, 0.05) is 24.2 Å². The van der Waals surface area contributed by atoms with Gasteiger partial charge in [0.05, 0.1) is 0 Å². The quantitative estimate of drug-likeness (QED) is 0.600. The summed E-state index contributed by atoms with van der Waals surface area (Å²) < 4.78 is 2.18. The number of benzene rings is 1. The molecule has 100 valence electrons. The molecule has 0 N–H and O–H groups in total. The fraction of sp³-hybridized carbons (Fsp3) is 0.188. The van der Waals surface area contributed by atoms with Gasteiger partial charge in [0.15, 0.2) is 11.8 Å². The van der Waals surface area contributed by atoms with Crippen molar-refractivity contribution in [3.8, 4) is 0 Å². The van der Waals surface area contributed by atoms with Crippen LogP contribution in [0.15, 0.2) is 61.1 Å². The molecule has 0 atom stereocenters. The van der Waals surface area contributed by atoms with Crippen molar-refractivity contribution in [3.05, 3.63) is 66.6 Å². The van der Waals surface area contributed by atoms with Gasteiger partial charge >= 0.3 is 6.98 Å². The van der Waals surface area contributed by atoms with E-state index in [9.17, 15) is 0 Å². The number of nitrogens with zero attached hydrogens (tertiary/aromatic N) is 3. The van der Waals surface area contributed by atoms with Crippen LogP contribution in [-0.4, -0.2) is 18.8 Å². The number of anilines is 1. The number of aryl methyl sites for hydroxylation is 2. The summed E-state index contributed by atoms with van der Waals surface area (Å²) in [6.07, 6.45) is 6.38. The van der Waals surface area contributed by atoms with Crippen LogP contribution < -0.4 is 15.0 Å². The smallest absolute Gasteiger partial charge is 0.395 e. The van der Waals surface area contributed by atoms with Crippen LogP contribution in [0, 0.1) is 6.92 Å². The Morgan fingerprint density at radius 3 is 2.50 bits per heavy atom. The van der Waals surface area contributed by atoms with E-state index in [2.05, 4.69) is 96.3 Å². The lowest BCUT2D eigenvalue weighted by Gasteiger charge is -2.25. The second-order valence-electron chi connectivity index (χ2n) is 5.27. The third-order valence-corrected chi connectivity index (χ3v) is 3.86. The Bertz CT molecular complexity index is 654. The van der Waals surface area contributed by atoms with Gasteiger partial charge in [-0.25, -0.2) is 4.57 Å². The summed E-state index contributed by atoms with van der Waals surface area (Å²) in [4.78, 5) is 4.56. The number of rotatable bonds is 2. The predicted octanol–water partition coefficient (Wildman–Crippen LogP) is 1.44. The number of hydrogen-bond donors (Lipinski definition) is 0. The second kappa shape index (κ2) is 5.04. The van der Waals surface area contributed by atoms with Gasteiger partial charge in [0.1, 0.15) is 7.05 Å². The van der Waals surface area contributed by atoms with Gasteiger partial charge in [-0.05, 0) is 31.7 Å². The molecule has 0 amide bonds. The first-order valence-corrected chi connectivity index (χ1v) is 6.87. The topological polar surface area (TPSA) is 10.4 Å². The minimum Gasteiger partial charge on any atom is -0.395 e. The van der Waals surface area contributed by atoms with E-state index in [1.165, 1.54) is 16.8 Å². The molecule has 2 heterocycles. The standard InChI is InChI=1S/C16H19BN3/c1-14-8-4-5-9-15(14)20-13-12-19(3)17(20)16-10-6-7-11-18(16)2/h4-13H,1-3H3/q+1. The zero-order chi connectivity index (χ0) is 14.1. The SMILES string of the molecule is Cc1ccccc1N1C=CN(C)B1c1cccc[n+]1C. The summed E-state index contributed by atoms with van der Waals surface area (Å²) >= 11 is 0. The van der Waals surface area contributed by atoms with Crippen LogP contribution in [0.5, 0.6) is 0 Å². The molecule has 0 saturated carbocycles. The van der Waals surface area contributed by atoms with Gasteiger partial charge in [0.25, 0.3) is 0 Å². The van der Waals surface area contributed by atoms with E-state index in [1.807, 2.05) is 0 Å². The van der Waals surface area contributed by atoms with Gasteiger partial charge in [-0.3, -0.25) is 0 Å². The fourth-order valence-corrected chi connectivity index (χ4v) is 2.76. The maximum absolute atomic E-state index is 2.32. The molecule has 4 heteroatoms. The molecule has 1 aliphatic rings. The molecule has 1 aliphatic heterocycles. The average Bonchev–Trinajstić information content (AvgIpc) is 2.82. The van der Waals surface area contributed by atoms with Crippen molar-refractivity contribution in [2.24, 2.45) is 7.05 Å². The van der Waals surface area contributed by atoms with Gasteiger partial charge in [-0.2, -0.15) is 0 Å². The molecule has 0 unspecified atom stereocenters. The second-order valence-corrected chi connectivity index (χ2v) is 5.27. The maximum atomic E-state index is 2.32. The van der Waals surface area contributed by atoms with Crippen molar-refractivity contribution in [3.63, 3.8) is 0 Å². The molecular formula is C16H19BN3+. The minimum absolute atomic E-state index is 0.197. The molecular weight excluding hydrogens is 245 g/mol. The zero-order valence-electron chi connectivity index (χ0n) is 12.2. The molecule has 0 spiro atoms. The van der Waals surface area contributed by atoms with E-state index in [1.54, 1.807) is 0 Å². The van der Waals surface area contributed by atoms with Crippen LogP contribution in [0.3, 0.4) is 0 Å². The highest BCUT2D eigenvalue weighted by Gasteiger charge is 2.39. The summed E-state index contributed by atoms with van der Waals surface area (Å²) in [5.41, 5.74) is 3.81. The van der Waals surface area contributed by atoms with Gasteiger partial charge in [-0.1, -0.05) is 24.3 Å². The highest BCUT2D eigenvalue weighted by Crippen LogP contribution is 2.24. The number of hydrogen-bond acceptors (Lipinski definition) is 2. The van der Waals surface area contributed by atoms with Crippen LogP contribution in [-0.2, 0) is 7.05 Å². The van der Waals surface area contributed by atoms with E-state index in [4.69, 9.17) is 0 Å². The first kappa shape index (κ1) is 12.8. The fourth-order valence-electron chi connectivity index (χ4n) is 2.76. The normalized spacial score (nSPS) is 14.2. The van der Waals surface area contributed by atoms with Gasteiger partial charge in [0.2, 0.25) is 0 Å². The van der Waals surface area contributed by atoms with Gasteiger partial charge in [-0.15, -0.1) is 0 Å². The van der Waals surface area contributed by atoms with Crippen molar-refractivity contribution in [2.45, 2.75) is 6.92 Å². The molecule has 0 aliphatic carbocycles. The molecule has 2 aromatic rings. The summed E-state index contributed by atoms with van der Waals surface area (Å²) in [6, 6.07) is 14.8. The monoisotopic (exact) mass is 264 g/mol. The highest BCUT2D eigenvalue weighted by molar-refractivity contribution is 6.74. The molecule has 20 heavy (non-hydrogen) atoms. The number of para-hydroxylation sites is 1. The lowest BCUT2D eigenvalue weighted by atomic mass is 9.68. The van der Waals surface area contributed by atoms with Crippen LogP contribution in [0.2, 0.25) is 0 Å². The largest absolute Gasteiger partial charge is 0.490 e. The summed E-state index contributed by atoms with van der Waals surface area (Å²) in [5, 5.41) is 0. The van der Waals surface area contributed by atoms with Crippen molar-refractivity contribution >= 4 is 18.3 Å². The summed E-state index contributed by atoms with van der Waals surface area (Å²) in [5.74, 6) is 0. The summed E-state index contributed by atoms with van der Waals surface area (Å²) in [6.45, 7) is 2.35. The van der Waals surface area contributed by atoms with E-state index in [0.717, 1.165) is 0 Å². The Morgan fingerprint density at radius 1 is 1.00 bits per heavy atom. The molecule has 0 bridgehead atoms. The highest BCUT2D eigenvalue weighted by atomic mass is 15.3. The Morgan fingerprint density at radius 2 is 1.75 bits per heavy atom. The van der Waals surface area contributed by atoms with Crippen molar-refractivity contribution in [2.75, 3.05) is 11.9 Å². The van der Waals surface area contributed by atoms with Crippen molar-refractivity contribution in [1.29, 1.82) is 0 Å². The lowest BCUT2D eigenvalue weighted by Crippen LogP contribution is -2.63. The molecule has 0 saturated heterocycles. The molecule has 1 aromatic carbocycles. The third-order valence-electron chi connectivity index (χ3n) is 3.86. The Hall–Kier alpha value is -2.23. The maximum Gasteiger partial charge on any atom is 0.490 e. The van der Waals surface area contributed by atoms with E-state index < -0.39 is 0 Å². The van der Waals surface area contributed by atoms with Crippen LogP contribution in [0.4, 0.5) is 5.69 Å². The minimum atomic E-state index is 0.197. The van der Waals surface area contributed by atoms with E-state index >= 15 is 0 Å². The van der Waals surface area contributed by atoms with Crippen LogP contribution in [0.25, 0.3) is 0 Å².